The Hall–Kier alpha value is 0.0283. The van der Waals surface area contributed by atoms with Crippen LogP contribution in [-0.2, 0) is 30.4 Å². The molecule has 9 N–H and O–H groups in total. The van der Waals surface area contributed by atoms with Crippen LogP contribution >= 0.6 is 7.82 Å². The summed E-state index contributed by atoms with van der Waals surface area (Å²) < 4.78 is 8.77. The zero-order valence-corrected chi connectivity index (χ0v) is 30.1. The van der Waals surface area contributed by atoms with Gasteiger partial charge in [0.25, 0.3) is 7.82 Å². The van der Waals surface area contributed by atoms with Crippen molar-refractivity contribution in [2.24, 2.45) is 22.8 Å². The summed E-state index contributed by atoms with van der Waals surface area (Å²) in [5, 5.41) is 39.1. The van der Waals surface area contributed by atoms with Crippen LogP contribution in [0.15, 0.2) is 0 Å². The predicted octanol–water partition coefficient (Wildman–Crippen LogP) is 1.13. The molecule has 266 valence electrons. The van der Waals surface area contributed by atoms with Gasteiger partial charge >= 0.3 is 21.1 Å². The van der Waals surface area contributed by atoms with E-state index < -0.39 is 19.2 Å². The monoisotopic (exact) mass is 834 g/mol. The van der Waals surface area contributed by atoms with E-state index in [1.165, 1.54) is 25.7 Å². The molecule has 0 spiro atoms. The third kappa shape index (κ3) is 23.4. The predicted molar refractivity (Wildman–Crippen MR) is 164 cm³/mol. The molecule has 5 atom stereocenters. The Balaban J connectivity index is 0. The van der Waals surface area contributed by atoms with E-state index in [1.807, 2.05) is 0 Å². The molecule has 0 aromatic heterocycles. The van der Waals surface area contributed by atoms with E-state index in [2.05, 4.69) is 18.9 Å². The van der Waals surface area contributed by atoms with Crippen LogP contribution in [0.1, 0.15) is 122 Å². The molecule has 0 aromatic carbocycles. The van der Waals surface area contributed by atoms with Gasteiger partial charge in [-0.05, 0) is 96.7 Å². The van der Waals surface area contributed by atoms with E-state index in [0.29, 0.717) is 6.42 Å². The molecule has 3 aliphatic carbocycles. The summed E-state index contributed by atoms with van der Waals surface area (Å²) in [6.07, 6.45) is 18.0. The zero-order valence-electron chi connectivity index (χ0n) is 27.0. The maximum atomic E-state index is 11.7. The average Bonchev–Trinajstić information content (AvgIpc) is 3.67. The molecule has 3 rings (SSSR count). The summed E-state index contributed by atoms with van der Waals surface area (Å²) >= 11 is 0. The molecule has 0 aromatic rings. The van der Waals surface area contributed by atoms with Gasteiger partial charge in [0.05, 0.1) is 24.8 Å². The Morgan fingerprint density at radius 2 is 1.30 bits per heavy atom. The maximum Gasteiger partial charge on any atom is 2.00 e. The number of carboxylic acids is 1. The number of nitrogens with zero attached hydrogens (tertiary/aromatic N) is 1. The summed E-state index contributed by atoms with van der Waals surface area (Å²) in [5.74, 6) is -0.932. The zero-order chi connectivity index (χ0) is 32.9. The van der Waals surface area contributed by atoms with Gasteiger partial charge in [-0.25, -0.2) is 0 Å². The van der Waals surface area contributed by atoms with Gasteiger partial charge in [-0.1, -0.05) is 51.9 Å². The van der Waals surface area contributed by atoms with Crippen molar-refractivity contribution in [3.8, 4) is 0 Å². The van der Waals surface area contributed by atoms with Crippen molar-refractivity contribution in [3.63, 3.8) is 0 Å². The van der Waals surface area contributed by atoms with E-state index >= 15 is 0 Å². The van der Waals surface area contributed by atoms with Crippen LogP contribution in [0, 0.1) is 11.3 Å². The minimum atomic E-state index is -4.89. The van der Waals surface area contributed by atoms with Crippen molar-refractivity contribution in [3.05, 3.63) is 0 Å². The molecule has 0 bridgehead atoms. The van der Waals surface area contributed by atoms with Gasteiger partial charge in [0.1, 0.15) is 0 Å². The van der Waals surface area contributed by atoms with Crippen molar-refractivity contribution >= 4 is 13.8 Å². The Morgan fingerprint density at radius 1 is 0.864 bits per heavy atom. The van der Waals surface area contributed by atoms with E-state index in [-0.39, 0.29) is 57.9 Å². The van der Waals surface area contributed by atoms with Gasteiger partial charge in [0.15, 0.2) is 0 Å². The van der Waals surface area contributed by atoms with Crippen molar-refractivity contribution in [2.75, 3.05) is 26.7 Å². The normalized spacial score (nSPS) is 24.6. The number of carboxylic acid groups (broad SMARTS) is 1. The van der Waals surface area contributed by atoms with Crippen LogP contribution < -0.4 is 21.5 Å². The molecule has 0 heterocycles. The second kappa shape index (κ2) is 26.0. The Kier molecular flexibility index (Phi) is 27.3. The van der Waals surface area contributed by atoms with Crippen LogP contribution in [0.3, 0.4) is 0 Å². The summed E-state index contributed by atoms with van der Waals surface area (Å²) in [5.41, 5.74) is 9.93. The van der Waals surface area contributed by atoms with Crippen molar-refractivity contribution < 1.29 is 65.5 Å². The number of hydrogen-bond donors (Lipinski definition) is 7. The Labute approximate surface area is 279 Å². The second-order valence-corrected chi connectivity index (χ2v) is 13.7. The second-order valence-electron chi connectivity index (χ2n) is 12.7. The third-order valence-electron chi connectivity index (χ3n) is 8.77. The number of aliphatic carboxylic acids is 1. The first-order valence-corrected chi connectivity index (χ1v) is 17.8. The number of rotatable bonds is 14. The topological polar surface area (TPSA) is 237 Å². The first-order valence-electron chi connectivity index (χ1n) is 16.3. The van der Waals surface area contributed by atoms with Gasteiger partial charge in [-0.15, -0.1) is 0 Å². The van der Waals surface area contributed by atoms with Crippen LogP contribution in [0.25, 0.3) is 0 Å². The molecule has 44 heavy (non-hydrogen) atoms. The Morgan fingerprint density at radius 3 is 1.59 bits per heavy atom. The number of carbonyl (C=O) groups excluding carboxylic acids is 1. The number of hydrogen-bond acceptors (Lipinski definition) is 10. The van der Waals surface area contributed by atoms with Crippen molar-refractivity contribution in [1.29, 1.82) is 0 Å². The van der Waals surface area contributed by atoms with Crippen LogP contribution in [0.2, 0.25) is 0 Å². The van der Waals surface area contributed by atoms with Gasteiger partial charge in [-0.3, -0.25) is 4.57 Å². The average molecular weight is 835 g/mol. The van der Waals surface area contributed by atoms with Crippen LogP contribution in [0.4, 0.5) is 0 Å². The first kappa shape index (κ1) is 46.1. The fourth-order valence-electron chi connectivity index (χ4n) is 6.13. The molecular weight excluding hydrogens is 772 g/mol. The minimum Gasteiger partial charge on any atom is -0.756 e. The number of aliphatic hydroxyl groups excluding tert-OH is 3. The van der Waals surface area contributed by atoms with Gasteiger partial charge in [0, 0.05) is 17.5 Å². The van der Waals surface area contributed by atoms with Crippen molar-refractivity contribution in [2.45, 2.75) is 147 Å². The standard InChI is InChI=1S/C20H39NO3.2C5H11NO.H3O4P.Pt/c1-3-4-5-10-15-21(2)16-11-6-9-14-20(17-22,19(23)24)18-12-7-8-13-18;2*6-4-1-2-5(7)3-4;1-5(2,3)4;/h18,22H,3-17H2,1-2H3,(H,23,24);2*4-5,7H,1-3,6H2;(H3,1,2,3,4);/q;;;;+2/p-2. The van der Waals surface area contributed by atoms with E-state index in [1.54, 1.807) is 0 Å². The fraction of sp³-hybridized carbons (Fsp3) is 0.967. The van der Waals surface area contributed by atoms with Gasteiger partial charge in [0.2, 0.25) is 0 Å². The van der Waals surface area contributed by atoms with Crippen LogP contribution in [-0.4, -0.2) is 87.0 Å². The molecule has 12 nitrogen and oxygen atoms in total. The summed E-state index contributed by atoms with van der Waals surface area (Å²) in [7, 11) is -2.72. The fourth-order valence-corrected chi connectivity index (χ4v) is 6.13. The van der Waals surface area contributed by atoms with E-state index in [9.17, 15) is 15.0 Å². The minimum absolute atomic E-state index is 0. The molecule has 3 saturated carbocycles. The molecule has 3 fully saturated rings. The summed E-state index contributed by atoms with van der Waals surface area (Å²) in [6.45, 7) is 4.19. The van der Waals surface area contributed by atoms with Crippen LogP contribution in [0.5, 0.6) is 0 Å². The molecule has 14 heteroatoms. The first-order chi connectivity index (χ1) is 20.1. The maximum absolute atomic E-state index is 11.7. The number of carbonyl (C=O) groups is 1. The molecule has 0 aliphatic heterocycles. The number of phosphoric acid groups is 1. The van der Waals surface area contributed by atoms with E-state index in [4.69, 9.17) is 40.9 Å². The molecule has 0 amide bonds. The number of unbranched alkanes of at least 4 members (excludes halogenated alkanes) is 5. The van der Waals surface area contributed by atoms with E-state index in [0.717, 1.165) is 96.6 Å². The smallest absolute Gasteiger partial charge is 0.756 e. The third-order valence-corrected chi connectivity index (χ3v) is 8.77. The molecule has 0 saturated heterocycles. The van der Waals surface area contributed by atoms with Crippen molar-refractivity contribution in [1.82, 2.24) is 4.90 Å². The summed E-state index contributed by atoms with van der Waals surface area (Å²) in [6, 6.07) is 0.546. The quantitative estimate of drug-likeness (QED) is 0.0964. The number of aliphatic hydroxyl groups is 3. The largest absolute Gasteiger partial charge is 2.00 e. The van der Waals surface area contributed by atoms with Gasteiger partial charge < -0.3 is 56.3 Å². The Bertz CT molecular complexity index is 719. The molecule has 3 aliphatic rings. The molecule has 0 radical (unpaired) electrons. The summed E-state index contributed by atoms with van der Waals surface area (Å²) in [4.78, 5) is 37.0. The molecule has 5 unspecified atom stereocenters. The SMILES string of the molecule is CCCCCCN(C)CCCCCC(CO)(C(=O)[O-])C1CCCC1.NC1CCC(O)C1.NC1CCC(O)C1.O=P([O-])(O)O.[Pt+2]. The molecular formula is C30H62N3O9PPt. The van der Waals surface area contributed by atoms with Gasteiger partial charge in [-0.2, -0.15) is 0 Å². The number of nitrogens with two attached hydrogens (primary N) is 2.